The van der Waals surface area contributed by atoms with Crippen molar-refractivity contribution in [1.82, 2.24) is 0 Å². The molecule has 4 aliphatic carbocycles. The van der Waals surface area contributed by atoms with Gasteiger partial charge in [-0.25, -0.2) is 0 Å². The van der Waals surface area contributed by atoms with Crippen LogP contribution in [0.4, 0.5) is 0 Å². The lowest BCUT2D eigenvalue weighted by Crippen LogP contribution is -2.64. The lowest BCUT2D eigenvalue weighted by Gasteiger charge is -2.60. The monoisotopic (exact) mass is 486 g/mol. The summed E-state index contributed by atoms with van der Waals surface area (Å²) in [5.74, 6) is -1.63. The Kier molecular flexibility index (Phi) is 6.62. The van der Waals surface area contributed by atoms with E-state index in [2.05, 4.69) is 6.92 Å². The van der Waals surface area contributed by atoms with Crippen molar-refractivity contribution in [3.05, 3.63) is 23.8 Å². The first-order valence-corrected chi connectivity index (χ1v) is 13.0. The first-order valence-electron chi connectivity index (χ1n) is 13.0. The molecule has 0 aromatic rings. The number of carbonyl (C=O) groups is 4. The van der Waals surface area contributed by atoms with Crippen LogP contribution in [-0.4, -0.2) is 46.9 Å². The molecule has 0 bridgehead atoms. The third-order valence-corrected chi connectivity index (χ3v) is 9.67. The molecule has 35 heavy (non-hydrogen) atoms. The minimum atomic E-state index is -1.47. The van der Waals surface area contributed by atoms with Gasteiger partial charge in [-0.1, -0.05) is 46.3 Å². The number of fused-ring (bicyclic) bond motifs is 5. The SMILES string of the molecule is CCC(=O)OCC(=O)[C@]1(OC(=O)CC)[C@@H](C)C[C@H]2[C@@H]3CCC4=CC(=O)C=C[C@]4(C)[C@H]3[C@@H](O)C[C@@]21C. The number of carbonyl (C=O) groups excluding carboxylic acids is 4. The summed E-state index contributed by atoms with van der Waals surface area (Å²) in [6.07, 6.45) is 7.31. The zero-order valence-electron chi connectivity index (χ0n) is 21.5. The third-order valence-electron chi connectivity index (χ3n) is 9.67. The van der Waals surface area contributed by atoms with E-state index in [4.69, 9.17) is 9.47 Å². The van der Waals surface area contributed by atoms with Crippen molar-refractivity contribution in [2.75, 3.05) is 6.61 Å². The average Bonchev–Trinajstić information content (AvgIpc) is 3.04. The number of aliphatic hydroxyl groups excluding tert-OH is 1. The molecule has 1 N–H and O–H groups in total. The Morgan fingerprint density at radius 3 is 2.49 bits per heavy atom. The first-order chi connectivity index (χ1) is 16.4. The van der Waals surface area contributed by atoms with E-state index in [1.54, 1.807) is 26.0 Å². The molecule has 7 heteroatoms. The van der Waals surface area contributed by atoms with Crippen LogP contribution in [0.5, 0.6) is 0 Å². The topological polar surface area (TPSA) is 107 Å². The highest BCUT2D eigenvalue weighted by Crippen LogP contribution is 2.69. The molecule has 0 aromatic heterocycles. The molecule has 8 atom stereocenters. The van der Waals surface area contributed by atoms with E-state index in [-0.39, 0.29) is 48.7 Å². The quantitative estimate of drug-likeness (QED) is 0.570. The van der Waals surface area contributed by atoms with E-state index in [0.29, 0.717) is 6.42 Å². The molecule has 4 aliphatic rings. The molecule has 0 saturated heterocycles. The van der Waals surface area contributed by atoms with Gasteiger partial charge in [-0.15, -0.1) is 0 Å². The molecule has 3 fully saturated rings. The van der Waals surface area contributed by atoms with Crippen molar-refractivity contribution >= 4 is 23.5 Å². The van der Waals surface area contributed by atoms with E-state index in [1.165, 1.54) is 0 Å². The number of hydrogen-bond donors (Lipinski definition) is 1. The summed E-state index contributed by atoms with van der Waals surface area (Å²) in [5.41, 5.74) is -1.64. The molecule has 0 amide bonds. The Morgan fingerprint density at radius 1 is 1.14 bits per heavy atom. The zero-order chi connectivity index (χ0) is 25.8. The molecule has 0 spiro atoms. The van der Waals surface area contributed by atoms with E-state index < -0.39 is 46.9 Å². The number of ketones is 2. The Hall–Kier alpha value is -2.28. The predicted octanol–water partition coefficient (Wildman–Crippen LogP) is 3.73. The largest absolute Gasteiger partial charge is 0.457 e. The highest BCUT2D eigenvalue weighted by Gasteiger charge is 2.72. The minimum Gasteiger partial charge on any atom is -0.457 e. The van der Waals surface area contributed by atoms with Gasteiger partial charge in [0.1, 0.15) is 0 Å². The normalized spacial score (nSPS) is 41.8. The zero-order valence-corrected chi connectivity index (χ0v) is 21.5. The number of ether oxygens (including phenoxy) is 2. The fourth-order valence-corrected chi connectivity index (χ4v) is 8.12. The lowest BCUT2D eigenvalue weighted by atomic mass is 9.46. The number of Topliss-reactive ketones (excluding diaryl/α,β-unsaturated/α-hetero) is 1. The first kappa shape index (κ1) is 25.8. The van der Waals surface area contributed by atoms with Gasteiger partial charge in [-0.3, -0.25) is 19.2 Å². The number of aliphatic hydroxyl groups is 1. The van der Waals surface area contributed by atoms with Crippen molar-refractivity contribution in [2.24, 2.45) is 34.5 Å². The summed E-state index contributed by atoms with van der Waals surface area (Å²) in [5, 5.41) is 11.7. The summed E-state index contributed by atoms with van der Waals surface area (Å²) in [6, 6.07) is 0. The molecule has 192 valence electrons. The van der Waals surface area contributed by atoms with Gasteiger partial charge in [-0.05, 0) is 49.7 Å². The van der Waals surface area contributed by atoms with Crippen LogP contribution in [-0.2, 0) is 28.7 Å². The fraction of sp³-hybridized carbons (Fsp3) is 0.714. The van der Waals surface area contributed by atoms with Crippen LogP contribution < -0.4 is 0 Å². The molecular formula is C28H38O7. The Labute approximate surface area is 207 Å². The van der Waals surface area contributed by atoms with Gasteiger partial charge >= 0.3 is 11.9 Å². The Bertz CT molecular complexity index is 995. The smallest absolute Gasteiger partial charge is 0.306 e. The van der Waals surface area contributed by atoms with Crippen LogP contribution in [0.2, 0.25) is 0 Å². The number of hydrogen-bond acceptors (Lipinski definition) is 7. The average molecular weight is 487 g/mol. The summed E-state index contributed by atoms with van der Waals surface area (Å²) in [6.45, 7) is 8.90. The van der Waals surface area contributed by atoms with E-state index in [9.17, 15) is 24.3 Å². The van der Waals surface area contributed by atoms with Crippen LogP contribution in [0.15, 0.2) is 23.8 Å². The van der Waals surface area contributed by atoms with E-state index in [0.717, 1.165) is 18.4 Å². The predicted molar refractivity (Wildman–Crippen MR) is 128 cm³/mol. The summed E-state index contributed by atoms with van der Waals surface area (Å²) in [4.78, 5) is 50.4. The second kappa shape index (κ2) is 8.99. The van der Waals surface area contributed by atoms with Gasteiger partial charge in [0.25, 0.3) is 0 Å². The maximum absolute atomic E-state index is 13.8. The Morgan fingerprint density at radius 2 is 1.83 bits per heavy atom. The summed E-state index contributed by atoms with van der Waals surface area (Å²) >= 11 is 0. The van der Waals surface area contributed by atoms with Crippen LogP contribution in [0.25, 0.3) is 0 Å². The molecule has 0 unspecified atom stereocenters. The summed E-state index contributed by atoms with van der Waals surface area (Å²) < 4.78 is 11.3. The molecule has 0 aliphatic heterocycles. The minimum absolute atomic E-state index is 0.0155. The van der Waals surface area contributed by atoms with E-state index >= 15 is 0 Å². The maximum atomic E-state index is 13.8. The van der Waals surface area contributed by atoms with Crippen LogP contribution in [0.3, 0.4) is 0 Å². The number of rotatable bonds is 6. The van der Waals surface area contributed by atoms with Crippen molar-refractivity contribution in [2.45, 2.75) is 84.8 Å². The van der Waals surface area contributed by atoms with Gasteiger partial charge in [0.15, 0.2) is 18.0 Å². The van der Waals surface area contributed by atoms with E-state index in [1.807, 2.05) is 19.9 Å². The molecular weight excluding hydrogens is 448 g/mol. The number of esters is 2. The molecule has 0 radical (unpaired) electrons. The molecule has 0 aromatic carbocycles. The fourth-order valence-electron chi connectivity index (χ4n) is 8.12. The molecule has 7 nitrogen and oxygen atoms in total. The van der Waals surface area contributed by atoms with Crippen molar-refractivity contribution in [3.63, 3.8) is 0 Å². The molecule has 4 rings (SSSR count). The van der Waals surface area contributed by atoms with Crippen molar-refractivity contribution in [1.29, 1.82) is 0 Å². The lowest BCUT2D eigenvalue weighted by molar-refractivity contribution is -0.206. The van der Waals surface area contributed by atoms with Crippen LogP contribution >= 0.6 is 0 Å². The van der Waals surface area contributed by atoms with Gasteiger partial charge in [-0.2, -0.15) is 0 Å². The standard InChI is InChI=1S/C28H38O7/c1-6-23(32)34-15-22(31)28(35-24(33)7-2)16(3)12-20-19-9-8-17-13-18(29)10-11-26(17,4)25(19)21(30)14-27(20,28)5/h10-11,13,16,19-21,25,30H,6-9,12,14-15H2,1-5H3/t16-,19-,20-,21-,25+,26-,27-,28+/m0/s1. The van der Waals surface area contributed by atoms with Crippen molar-refractivity contribution < 1.29 is 33.8 Å². The van der Waals surface area contributed by atoms with Gasteiger partial charge < -0.3 is 14.6 Å². The van der Waals surface area contributed by atoms with Gasteiger partial charge in [0, 0.05) is 35.5 Å². The maximum Gasteiger partial charge on any atom is 0.306 e. The number of allylic oxidation sites excluding steroid dienone is 4. The molecule has 0 heterocycles. The molecule has 3 saturated carbocycles. The highest BCUT2D eigenvalue weighted by molar-refractivity contribution is 6.01. The Balaban J connectivity index is 1.76. The van der Waals surface area contributed by atoms with Gasteiger partial charge in [0.05, 0.1) is 6.10 Å². The van der Waals surface area contributed by atoms with Crippen molar-refractivity contribution in [3.8, 4) is 0 Å². The van der Waals surface area contributed by atoms with Gasteiger partial charge in [0.2, 0.25) is 5.78 Å². The second-order valence-corrected chi connectivity index (χ2v) is 11.3. The highest BCUT2D eigenvalue weighted by atomic mass is 16.6. The van der Waals surface area contributed by atoms with Crippen LogP contribution in [0.1, 0.15) is 73.1 Å². The second-order valence-electron chi connectivity index (χ2n) is 11.3. The summed E-state index contributed by atoms with van der Waals surface area (Å²) in [7, 11) is 0. The third kappa shape index (κ3) is 3.73. The van der Waals surface area contributed by atoms with Crippen LogP contribution in [0, 0.1) is 34.5 Å².